The monoisotopic (exact) mass is 788 g/mol. The molecule has 0 radical (unpaired) electrons. The van der Waals surface area contributed by atoms with Gasteiger partial charge in [-0.15, -0.1) is 11.3 Å². The molecule has 1 fully saturated rings. The Bertz CT molecular complexity index is 2110. The summed E-state index contributed by atoms with van der Waals surface area (Å²) >= 11 is 1.19. The van der Waals surface area contributed by atoms with Crippen molar-refractivity contribution in [3.63, 3.8) is 0 Å². The molecule has 2 atom stereocenters. The number of nitrogens with zero attached hydrogens (tertiary/aromatic N) is 2. The SMILES string of the molecule is COC(=O)N[C@H](C(=O)NCc1ccc([C@@H](CO)N(CC2CC(F)(F)C2)S(=O)(=O)c2cccc(Cc3ccccn3)c2)s1)C(c1ccccc1)c1ccccc1. The van der Waals surface area contributed by atoms with Crippen molar-refractivity contribution in [2.24, 2.45) is 5.92 Å². The zero-order chi connectivity index (χ0) is 39.0. The second kappa shape index (κ2) is 17.6. The summed E-state index contributed by atoms with van der Waals surface area (Å²) in [5.74, 6) is -4.53. The summed E-state index contributed by atoms with van der Waals surface area (Å²) in [4.78, 5) is 31.9. The van der Waals surface area contributed by atoms with Gasteiger partial charge in [0.15, 0.2) is 0 Å². The van der Waals surface area contributed by atoms with Crippen LogP contribution in [0.1, 0.15) is 56.9 Å². The zero-order valence-corrected chi connectivity index (χ0v) is 31.7. The van der Waals surface area contributed by atoms with Crippen LogP contribution in [0.15, 0.2) is 126 Å². The summed E-state index contributed by atoms with van der Waals surface area (Å²) in [6.07, 6.45) is 0.353. The number of carbonyl (C=O) groups is 2. The van der Waals surface area contributed by atoms with Gasteiger partial charge in [0.1, 0.15) is 6.04 Å². The van der Waals surface area contributed by atoms with Gasteiger partial charge in [-0.2, -0.15) is 4.31 Å². The molecule has 10 nitrogen and oxygen atoms in total. The van der Waals surface area contributed by atoms with E-state index in [4.69, 9.17) is 4.74 Å². The van der Waals surface area contributed by atoms with Crippen molar-refractivity contribution in [2.75, 3.05) is 20.3 Å². The Morgan fingerprint density at radius 1 is 0.945 bits per heavy atom. The van der Waals surface area contributed by atoms with Gasteiger partial charge in [0.25, 0.3) is 0 Å². The molecule has 14 heteroatoms. The maximum atomic E-state index is 14.4. The number of rotatable bonds is 16. The second-order valence-electron chi connectivity index (χ2n) is 13.5. The Hall–Kier alpha value is -5.02. The predicted molar refractivity (Wildman–Crippen MR) is 205 cm³/mol. The summed E-state index contributed by atoms with van der Waals surface area (Å²) in [6.45, 7) is -0.795. The lowest BCUT2D eigenvalue weighted by Gasteiger charge is -2.39. The van der Waals surface area contributed by atoms with E-state index in [9.17, 15) is 31.9 Å². The average molecular weight is 789 g/mol. The van der Waals surface area contributed by atoms with E-state index in [1.54, 1.807) is 42.6 Å². The molecule has 3 N–H and O–H groups in total. The number of ether oxygens (including phenoxy) is 1. The molecule has 1 aliphatic carbocycles. The third kappa shape index (κ3) is 9.81. The molecule has 1 aliphatic rings. The van der Waals surface area contributed by atoms with Gasteiger partial charge in [0.05, 0.1) is 31.2 Å². The summed E-state index contributed by atoms with van der Waals surface area (Å²) < 4.78 is 62.7. The number of benzene rings is 3. The van der Waals surface area contributed by atoms with Crippen molar-refractivity contribution in [1.82, 2.24) is 19.9 Å². The normalized spacial score (nSPS) is 15.2. The van der Waals surface area contributed by atoms with Gasteiger partial charge >= 0.3 is 6.09 Å². The molecule has 2 heterocycles. The van der Waals surface area contributed by atoms with E-state index in [-0.39, 0.29) is 18.0 Å². The first kappa shape index (κ1) is 39.7. The molecule has 2 aromatic heterocycles. The van der Waals surface area contributed by atoms with Crippen molar-refractivity contribution in [2.45, 2.75) is 54.6 Å². The molecule has 0 unspecified atom stereocenters. The molecule has 0 saturated heterocycles. The number of hydrogen-bond acceptors (Lipinski definition) is 8. The maximum absolute atomic E-state index is 14.4. The first-order valence-electron chi connectivity index (χ1n) is 17.8. The van der Waals surface area contributed by atoms with Crippen LogP contribution < -0.4 is 10.6 Å². The number of sulfonamides is 1. The zero-order valence-electron chi connectivity index (χ0n) is 30.1. The topological polar surface area (TPSA) is 138 Å². The molecule has 288 valence electrons. The Kier molecular flexibility index (Phi) is 12.7. The molecule has 5 aromatic rings. The lowest BCUT2D eigenvalue weighted by atomic mass is 9.81. The van der Waals surface area contributed by atoms with Crippen LogP contribution >= 0.6 is 11.3 Å². The number of aliphatic hydroxyl groups is 1. The van der Waals surface area contributed by atoms with E-state index in [1.165, 1.54) is 24.5 Å². The van der Waals surface area contributed by atoms with E-state index >= 15 is 0 Å². The number of nitrogens with one attached hydrogen (secondary N) is 2. The number of halogens is 2. The number of amides is 2. The molecule has 0 aliphatic heterocycles. The molecular formula is C41H42F2N4O6S2. The standard InChI is InChI=1S/C41H42F2N4O6S2/c1-53-40(50)46-38(37(30-12-4-2-5-13-30)31-14-6-3-7-15-31)39(49)45-25-33-18-19-36(54-33)35(27-48)47(26-29-23-41(42,43)24-29)55(51,52)34-17-10-11-28(22-34)21-32-16-8-9-20-44-32/h2-20,22,29,35,37-38,48H,21,23-27H2,1H3,(H,45,49)(H,46,50)/t35-,38+/m1/s1. The number of aromatic nitrogens is 1. The highest BCUT2D eigenvalue weighted by Crippen LogP contribution is 2.45. The highest BCUT2D eigenvalue weighted by Gasteiger charge is 2.48. The van der Waals surface area contributed by atoms with Gasteiger partial charge in [0, 0.05) is 53.4 Å². The third-order valence-electron chi connectivity index (χ3n) is 9.59. The lowest BCUT2D eigenvalue weighted by Crippen LogP contribution is -2.50. The maximum Gasteiger partial charge on any atom is 0.407 e. The summed E-state index contributed by atoms with van der Waals surface area (Å²) in [5, 5.41) is 16.3. The number of methoxy groups -OCH3 is 1. The fraction of sp³-hybridized carbons (Fsp3) is 0.293. The summed E-state index contributed by atoms with van der Waals surface area (Å²) in [7, 11) is -3.08. The molecule has 6 rings (SSSR count). The van der Waals surface area contributed by atoms with E-state index in [0.29, 0.717) is 21.7 Å². The molecule has 0 bridgehead atoms. The van der Waals surface area contributed by atoms with Gasteiger partial charge in [-0.3, -0.25) is 9.78 Å². The Morgan fingerprint density at radius 3 is 2.22 bits per heavy atom. The minimum atomic E-state index is -4.30. The Morgan fingerprint density at radius 2 is 1.62 bits per heavy atom. The summed E-state index contributed by atoms with van der Waals surface area (Å²) in [5.41, 5.74) is 3.04. The average Bonchev–Trinajstić information content (AvgIpc) is 3.65. The quantitative estimate of drug-likeness (QED) is 0.102. The minimum Gasteiger partial charge on any atom is -0.453 e. The molecule has 1 saturated carbocycles. The van der Waals surface area contributed by atoms with Crippen LogP contribution in [0.4, 0.5) is 13.6 Å². The van der Waals surface area contributed by atoms with E-state index in [1.807, 2.05) is 72.8 Å². The first-order valence-corrected chi connectivity index (χ1v) is 20.0. The van der Waals surface area contributed by atoms with Gasteiger partial charge < -0.3 is 20.5 Å². The highest BCUT2D eigenvalue weighted by molar-refractivity contribution is 7.89. The van der Waals surface area contributed by atoms with Crippen LogP contribution in [0.3, 0.4) is 0 Å². The highest BCUT2D eigenvalue weighted by atomic mass is 32.2. The minimum absolute atomic E-state index is 0.0223. The van der Waals surface area contributed by atoms with E-state index < -0.39 is 71.3 Å². The van der Waals surface area contributed by atoms with Crippen molar-refractivity contribution >= 4 is 33.4 Å². The van der Waals surface area contributed by atoms with Crippen LogP contribution in [0.2, 0.25) is 0 Å². The number of carbonyl (C=O) groups excluding carboxylic acids is 2. The van der Waals surface area contributed by atoms with Crippen molar-refractivity contribution in [3.05, 3.63) is 154 Å². The van der Waals surface area contributed by atoms with Gasteiger partial charge in [-0.1, -0.05) is 78.9 Å². The Labute approximate surface area is 323 Å². The fourth-order valence-corrected chi connectivity index (χ4v) is 9.75. The van der Waals surface area contributed by atoms with E-state index in [2.05, 4.69) is 15.6 Å². The van der Waals surface area contributed by atoms with E-state index in [0.717, 1.165) is 21.1 Å². The summed E-state index contributed by atoms with van der Waals surface area (Å²) in [6, 6.07) is 31.7. The van der Waals surface area contributed by atoms with Crippen molar-refractivity contribution < 1.29 is 36.6 Å². The number of thiophene rings is 1. The van der Waals surface area contributed by atoms with Crippen LogP contribution in [-0.2, 0) is 32.5 Å². The van der Waals surface area contributed by atoms with Crippen molar-refractivity contribution in [3.8, 4) is 0 Å². The molecule has 0 spiro atoms. The van der Waals surface area contributed by atoms with Crippen LogP contribution in [-0.4, -0.2) is 67.0 Å². The van der Waals surface area contributed by atoms with Gasteiger partial charge in [0.2, 0.25) is 21.9 Å². The number of pyridine rings is 1. The predicted octanol–water partition coefficient (Wildman–Crippen LogP) is 6.68. The lowest BCUT2D eigenvalue weighted by molar-refractivity contribution is -0.123. The van der Waals surface area contributed by atoms with Crippen LogP contribution in [0.25, 0.3) is 0 Å². The number of alkyl carbamates (subject to hydrolysis) is 1. The number of hydrogen-bond donors (Lipinski definition) is 3. The molecule has 2 amide bonds. The Balaban J connectivity index is 1.24. The number of aliphatic hydroxyl groups excluding tert-OH is 1. The van der Waals surface area contributed by atoms with Gasteiger partial charge in [-0.25, -0.2) is 22.0 Å². The smallest absolute Gasteiger partial charge is 0.407 e. The number of alkyl halides is 2. The van der Waals surface area contributed by atoms with Crippen molar-refractivity contribution in [1.29, 1.82) is 0 Å². The first-order chi connectivity index (χ1) is 26.5. The van der Waals surface area contributed by atoms with Crippen LogP contribution in [0.5, 0.6) is 0 Å². The third-order valence-corrected chi connectivity index (χ3v) is 12.6. The molecular weight excluding hydrogens is 747 g/mol. The van der Waals surface area contributed by atoms with Crippen LogP contribution in [0, 0.1) is 5.92 Å². The van der Waals surface area contributed by atoms with Gasteiger partial charge in [-0.05, 0) is 59.0 Å². The molecule has 3 aromatic carbocycles. The molecule has 55 heavy (non-hydrogen) atoms. The second-order valence-corrected chi connectivity index (χ2v) is 16.6. The largest absolute Gasteiger partial charge is 0.453 e. The fourth-order valence-electron chi connectivity index (χ4n) is 6.88.